The zero-order chi connectivity index (χ0) is 10.9. The second kappa shape index (κ2) is 3.86. The van der Waals surface area contributed by atoms with Crippen molar-refractivity contribution in [2.45, 2.75) is 31.6 Å². The summed E-state index contributed by atoms with van der Waals surface area (Å²) in [5, 5.41) is 0. The van der Waals surface area contributed by atoms with Crippen molar-refractivity contribution in [3.05, 3.63) is 29.3 Å². The zero-order valence-electron chi connectivity index (χ0n) is 9.55. The normalized spacial score (nSPS) is 17.5. The Kier molecular flexibility index (Phi) is 2.70. The van der Waals surface area contributed by atoms with Crippen LogP contribution in [0, 0.1) is 0 Å². The van der Waals surface area contributed by atoms with Crippen molar-refractivity contribution in [3.63, 3.8) is 0 Å². The third-order valence-corrected chi connectivity index (χ3v) is 3.52. The molecule has 15 heavy (non-hydrogen) atoms. The molecular weight excluding hydrogens is 186 g/mol. The Balaban J connectivity index is 2.35. The molecule has 0 aliphatic heterocycles. The molecule has 2 rings (SSSR count). The molecule has 1 aromatic rings. The third kappa shape index (κ3) is 1.74. The van der Waals surface area contributed by atoms with Gasteiger partial charge >= 0.3 is 0 Å². The predicted molar refractivity (Wildman–Crippen MR) is 62.3 cm³/mol. The lowest BCUT2D eigenvalue weighted by atomic mass is 9.93. The lowest BCUT2D eigenvalue weighted by molar-refractivity contribution is 0.409. The van der Waals surface area contributed by atoms with E-state index in [9.17, 15) is 0 Å². The zero-order valence-corrected chi connectivity index (χ0v) is 9.55. The molecular formula is C13H19NO. The first-order chi connectivity index (χ1) is 7.25. The minimum Gasteiger partial charge on any atom is -0.496 e. The summed E-state index contributed by atoms with van der Waals surface area (Å²) in [6.07, 6.45) is 3.48. The molecule has 0 heterocycles. The van der Waals surface area contributed by atoms with Crippen molar-refractivity contribution in [3.8, 4) is 5.75 Å². The van der Waals surface area contributed by atoms with Crippen LogP contribution in [0.25, 0.3) is 0 Å². The van der Waals surface area contributed by atoms with Gasteiger partial charge in [0.05, 0.1) is 7.11 Å². The lowest BCUT2D eigenvalue weighted by Gasteiger charge is -2.15. The number of nitrogens with two attached hydrogens (primary N) is 1. The highest BCUT2D eigenvalue weighted by atomic mass is 16.5. The topological polar surface area (TPSA) is 35.2 Å². The van der Waals surface area contributed by atoms with Crippen molar-refractivity contribution < 1.29 is 4.74 Å². The van der Waals surface area contributed by atoms with E-state index < -0.39 is 0 Å². The van der Waals surface area contributed by atoms with Gasteiger partial charge in [0.25, 0.3) is 0 Å². The number of rotatable bonds is 4. The van der Waals surface area contributed by atoms with E-state index in [0.717, 1.165) is 18.7 Å². The Morgan fingerprint density at radius 3 is 2.60 bits per heavy atom. The lowest BCUT2D eigenvalue weighted by Crippen LogP contribution is -2.19. The number of benzene rings is 1. The van der Waals surface area contributed by atoms with E-state index in [1.165, 1.54) is 24.0 Å². The number of hydrogen-bond donors (Lipinski definition) is 1. The molecule has 2 nitrogen and oxygen atoms in total. The van der Waals surface area contributed by atoms with E-state index in [1.807, 2.05) is 0 Å². The van der Waals surface area contributed by atoms with Gasteiger partial charge in [0.15, 0.2) is 0 Å². The molecule has 1 aliphatic rings. The first-order valence-corrected chi connectivity index (χ1v) is 5.63. The molecule has 0 atom stereocenters. The molecule has 2 N–H and O–H groups in total. The standard InChI is InChI=1S/C13H19NO/c1-3-10-8-11(4-5-12(10)15-2)13(9-14)6-7-13/h4-5,8H,3,6-7,9,14H2,1-2H3. The van der Waals surface area contributed by atoms with Crippen LogP contribution in [0.4, 0.5) is 0 Å². The largest absolute Gasteiger partial charge is 0.496 e. The highest BCUT2D eigenvalue weighted by Gasteiger charge is 2.42. The molecule has 0 bridgehead atoms. The summed E-state index contributed by atoms with van der Waals surface area (Å²) in [7, 11) is 1.73. The van der Waals surface area contributed by atoms with Gasteiger partial charge in [0.2, 0.25) is 0 Å². The molecule has 0 unspecified atom stereocenters. The minimum absolute atomic E-state index is 0.288. The monoisotopic (exact) mass is 205 g/mol. The maximum absolute atomic E-state index is 5.83. The summed E-state index contributed by atoms with van der Waals surface area (Å²) < 4.78 is 5.33. The fraction of sp³-hybridized carbons (Fsp3) is 0.538. The Morgan fingerprint density at radius 2 is 2.13 bits per heavy atom. The summed E-state index contributed by atoms with van der Waals surface area (Å²) in [6.45, 7) is 2.92. The van der Waals surface area contributed by atoms with Gasteiger partial charge in [-0.25, -0.2) is 0 Å². The van der Waals surface area contributed by atoms with E-state index in [1.54, 1.807) is 7.11 Å². The molecule has 82 valence electrons. The fourth-order valence-corrected chi connectivity index (χ4v) is 2.15. The summed E-state index contributed by atoms with van der Waals surface area (Å²) >= 11 is 0. The van der Waals surface area contributed by atoms with E-state index >= 15 is 0 Å². The molecule has 0 radical (unpaired) electrons. The third-order valence-electron chi connectivity index (χ3n) is 3.52. The second-order valence-corrected chi connectivity index (χ2v) is 4.36. The first kappa shape index (κ1) is 10.5. The van der Waals surface area contributed by atoms with Crippen LogP contribution in [0.5, 0.6) is 5.75 Å². The molecule has 0 saturated heterocycles. The van der Waals surface area contributed by atoms with Gasteiger partial charge in [0, 0.05) is 12.0 Å². The Morgan fingerprint density at radius 1 is 1.40 bits per heavy atom. The molecule has 0 aromatic heterocycles. The maximum Gasteiger partial charge on any atom is 0.122 e. The average molecular weight is 205 g/mol. The van der Waals surface area contributed by atoms with Crippen molar-refractivity contribution in [1.82, 2.24) is 0 Å². The predicted octanol–water partition coefficient (Wildman–Crippen LogP) is 2.25. The fourth-order valence-electron chi connectivity index (χ4n) is 2.15. The van der Waals surface area contributed by atoms with Crippen LogP contribution in [0.15, 0.2) is 18.2 Å². The summed E-state index contributed by atoms with van der Waals surface area (Å²) in [5.74, 6) is 0.995. The number of methoxy groups -OCH3 is 1. The summed E-state index contributed by atoms with van der Waals surface area (Å²) in [6, 6.07) is 6.50. The molecule has 2 heteroatoms. The molecule has 0 amide bonds. The Hall–Kier alpha value is -1.02. The highest BCUT2D eigenvalue weighted by Crippen LogP contribution is 2.47. The van der Waals surface area contributed by atoms with Crippen LogP contribution in [0.2, 0.25) is 0 Å². The van der Waals surface area contributed by atoms with Gasteiger partial charge < -0.3 is 10.5 Å². The van der Waals surface area contributed by atoms with Gasteiger partial charge in [-0.05, 0) is 36.5 Å². The summed E-state index contributed by atoms with van der Waals surface area (Å²) in [4.78, 5) is 0. The van der Waals surface area contributed by atoms with Crippen LogP contribution in [-0.4, -0.2) is 13.7 Å². The van der Waals surface area contributed by atoms with Crippen molar-refractivity contribution >= 4 is 0 Å². The number of aryl methyl sites for hydroxylation is 1. The van der Waals surface area contributed by atoms with Crippen LogP contribution in [0.1, 0.15) is 30.9 Å². The van der Waals surface area contributed by atoms with Crippen LogP contribution >= 0.6 is 0 Å². The average Bonchev–Trinajstić information content (AvgIpc) is 3.09. The van der Waals surface area contributed by atoms with E-state index in [2.05, 4.69) is 25.1 Å². The van der Waals surface area contributed by atoms with Gasteiger partial charge in [-0.1, -0.05) is 19.1 Å². The Bertz CT molecular complexity index is 356. The second-order valence-electron chi connectivity index (χ2n) is 4.36. The van der Waals surface area contributed by atoms with E-state index in [0.29, 0.717) is 0 Å². The van der Waals surface area contributed by atoms with Crippen molar-refractivity contribution in [1.29, 1.82) is 0 Å². The molecule has 0 spiro atoms. The van der Waals surface area contributed by atoms with Gasteiger partial charge in [-0.3, -0.25) is 0 Å². The number of ether oxygens (including phenoxy) is 1. The Labute approximate surface area is 91.4 Å². The van der Waals surface area contributed by atoms with Crippen molar-refractivity contribution in [2.24, 2.45) is 5.73 Å². The molecule has 1 aromatic carbocycles. The molecule has 1 fully saturated rings. The summed E-state index contributed by atoms with van der Waals surface area (Å²) in [5.41, 5.74) is 8.80. The van der Waals surface area contributed by atoms with Gasteiger partial charge in [-0.2, -0.15) is 0 Å². The van der Waals surface area contributed by atoms with Gasteiger partial charge in [-0.15, -0.1) is 0 Å². The van der Waals surface area contributed by atoms with E-state index in [-0.39, 0.29) is 5.41 Å². The van der Waals surface area contributed by atoms with Crippen LogP contribution < -0.4 is 10.5 Å². The minimum atomic E-state index is 0.288. The van der Waals surface area contributed by atoms with Gasteiger partial charge in [0.1, 0.15) is 5.75 Å². The smallest absolute Gasteiger partial charge is 0.122 e. The number of hydrogen-bond acceptors (Lipinski definition) is 2. The van der Waals surface area contributed by atoms with Crippen LogP contribution in [-0.2, 0) is 11.8 Å². The first-order valence-electron chi connectivity index (χ1n) is 5.63. The quantitative estimate of drug-likeness (QED) is 0.818. The highest BCUT2D eigenvalue weighted by molar-refractivity contribution is 5.42. The van der Waals surface area contributed by atoms with Crippen LogP contribution in [0.3, 0.4) is 0 Å². The molecule has 1 aliphatic carbocycles. The van der Waals surface area contributed by atoms with Crippen molar-refractivity contribution in [2.75, 3.05) is 13.7 Å². The maximum atomic E-state index is 5.83. The van der Waals surface area contributed by atoms with E-state index in [4.69, 9.17) is 10.5 Å². The SMILES string of the molecule is CCc1cc(C2(CN)CC2)ccc1OC. The molecule has 1 saturated carbocycles.